The van der Waals surface area contributed by atoms with Gasteiger partial charge in [-0.3, -0.25) is 29.4 Å². The molecule has 0 spiro atoms. The number of rotatable bonds is 4. The first-order valence-corrected chi connectivity index (χ1v) is 8.03. The molecule has 1 atom stereocenters. The van der Waals surface area contributed by atoms with E-state index in [1.807, 2.05) is 4.90 Å². The Morgan fingerprint density at radius 2 is 1.76 bits per heavy atom. The lowest BCUT2D eigenvalue weighted by Crippen LogP contribution is -2.47. The molecule has 2 aliphatic rings. The van der Waals surface area contributed by atoms with Crippen LogP contribution in [0, 0.1) is 16.0 Å². The molecule has 132 valence electrons. The van der Waals surface area contributed by atoms with Crippen molar-refractivity contribution in [3.63, 3.8) is 0 Å². The molecule has 0 unspecified atom stereocenters. The second-order valence-electron chi connectivity index (χ2n) is 6.27. The van der Waals surface area contributed by atoms with E-state index in [1.54, 1.807) is 0 Å². The minimum Gasteiger partial charge on any atom is -0.369 e. The minimum atomic E-state index is -0.559. The highest BCUT2D eigenvalue weighted by atomic mass is 16.6. The molecule has 25 heavy (non-hydrogen) atoms. The summed E-state index contributed by atoms with van der Waals surface area (Å²) in [5.74, 6) is -1.19. The van der Waals surface area contributed by atoms with Crippen molar-refractivity contribution in [2.75, 3.05) is 18.0 Å². The van der Waals surface area contributed by atoms with Gasteiger partial charge in [0.2, 0.25) is 11.8 Å². The Hall–Kier alpha value is -2.81. The third kappa shape index (κ3) is 3.22. The van der Waals surface area contributed by atoms with E-state index in [-0.39, 0.29) is 35.7 Å². The summed E-state index contributed by atoms with van der Waals surface area (Å²) < 4.78 is 0. The Morgan fingerprint density at radius 3 is 2.28 bits per heavy atom. The summed E-state index contributed by atoms with van der Waals surface area (Å²) in [6.07, 6.45) is 1.22. The van der Waals surface area contributed by atoms with Gasteiger partial charge < -0.3 is 5.73 Å². The summed E-state index contributed by atoms with van der Waals surface area (Å²) in [6.45, 7) is 1.07. The van der Waals surface area contributed by atoms with Crippen molar-refractivity contribution in [3.8, 4) is 0 Å². The van der Waals surface area contributed by atoms with Crippen LogP contribution < -0.4 is 10.6 Å². The van der Waals surface area contributed by atoms with E-state index in [1.165, 1.54) is 24.3 Å². The zero-order valence-electron chi connectivity index (χ0n) is 13.5. The van der Waals surface area contributed by atoms with E-state index in [0.717, 1.165) is 4.90 Å². The second-order valence-corrected chi connectivity index (χ2v) is 6.27. The van der Waals surface area contributed by atoms with Crippen molar-refractivity contribution in [1.29, 1.82) is 0 Å². The highest BCUT2D eigenvalue weighted by molar-refractivity contribution is 6.22. The van der Waals surface area contributed by atoms with E-state index in [0.29, 0.717) is 31.6 Å². The zero-order chi connectivity index (χ0) is 18.1. The standard InChI is InChI=1S/C16H18N4O5/c17-15(22)10-5-7-18(8-6-10)13-9-14(21)19(16(13)23)11-1-3-12(4-2-11)20(24)25/h1-4,10,13H,5-9H2,(H2,17,22)/t13-/m1/s1. The maximum Gasteiger partial charge on any atom is 0.269 e. The number of piperidine rings is 1. The molecule has 2 fully saturated rings. The molecule has 9 nitrogen and oxygen atoms in total. The predicted octanol–water partition coefficient (Wildman–Crippen LogP) is 0.424. The number of hydrogen-bond acceptors (Lipinski definition) is 6. The van der Waals surface area contributed by atoms with Crippen LogP contribution in [0.25, 0.3) is 0 Å². The van der Waals surface area contributed by atoms with Crippen molar-refractivity contribution in [3.05, 3.63) is 34.4 Å². The molecule has 0 bridgehead atoms. The first-order chi connectivity index (χ1) is 11.9. The minimum absolute atomic E-state index is 0.0665. The molecule has 2 N–H and O–H groups in total. The molecule has 3 rings (SSSR count). The lowest BCUT2D eigenvalue weighted by molar-refractivity contribution is -0.384. The van der Waals surface area contributed by atoms with Crippen molar-refractivity contribution in [2.45, 2.75) is 25.3 Å². The van der Waals surface area contributed by atoms with Crippen LogP contribution in [-0.2, 0) is 14.4 Å². The third-order valence-electron chi connectivity index (χ3n) is 4.81. The van der Waals surface area contributed by atoms with Crippen LogP contribution in [0.4, 0.5) is 11.4 Å². The lowest BCUT2D eigenvalue weighted by atomic mass is 9.95. The molecule has 0 saturated carbocycles. The molecular weight excluding hydrogens is 328 g/mol. The number of amides is 3. The molecule has 1 aromatic rings. The van der Waals surface area contributed by atoms with Gasteiger partial charge in [-0.05, 0) is 38.1 Å². The normalized spacial score (nSPS) is 22.4. The Kier molecular flexibility index (Phi) is 4.49. The number of nitro benzene ring substituents is 1. The van der Waals surface area contributed by atoms with Crippen molar-refractivity contribution in [2.24, 2.45) is 11.7 Å². The van der Waals surface area contributed by atoms with Crippen LogP contribution in [0.3, 0.4) is 0 Å². The fourth-order valence-corrected chi connectivity index (χ4v) is 3.39. The van der Waals surface area contributed by atoms with Gasteiger partial charge >= 0.3 is 0 Å². The van der Waals surface area contributed by atoms with Crippen LogP contribution in [0.5, 0.6) is 0 Å². The molecule has 9 heteroatoms. The number of carbonyl (C=O) groups is 3. The molecule has 0 aromatic heterocycles. The second kappa shape index (κ2) is 6.60. The molecule has 2 heterocycles. The topological polar surface area (TPSA) is 127 Å². The van der Waals surface area contributed by atoms with Gasteiger partial charge in [-0.1, -0.05) is 0 Å². The molecule has 2 aliphatic heterocycles. The summed E-state index contributed by atoms with van der Waals surface area (Å²) in [5, 5.41) is 10.7. The Labute approximate surface area is 143 Å². The Bertz CT molecular complexity index is 725. The Morgan fingerprint density at radius 1 is 1.16 bits per heavy atom. The number of nitrogens with two attached hydrogens (primary N) is 1. The number of nitro groups is 1. The maximum atomic E-state index is 12.7. The van der Waals surface area contributed by atoms with Crippen molar-refractivity contribution >= 4 is 29.1 Å². The Balaban J connectivity index is 1.72. The van der Waals surface area contributed by atoms with E-state index in [9.17, 15) is 24.5 Å². The highest BCUT2D eigenvalue weighted by Crippen LogP contribution is 2.29. The largest absolute Gasteiger partial charge is 0.369 e. The maximum absolute atomic E-state index is 12.7. The first-order valence-electron chi connectivity index (χ1n) is 8.03. The van der Waals surface area contributed by atoms with Gasteiger partial charge in [0.1, 0.15) is 0 Å². The number of imide groups is 1. The summed E-state index contributed by atoms with van der Waals surface area (Å²) in [6, 6.07) is 4.77. The fourth-order valence-electron chi connectivity index (χ4n) is 3.39. The molecule has 0 aliphatic carbocycles. The summed E-state index contributed by atoms with van der Waals surface area (Å²) in [5.41, 5.74) is 5.54. The van der Waals surface area contributed by atoms with Crippen molar-refractivity contribution < 1.29 is 19.3 Å². The van der Waals surface area contributed by atoms with Crippen LogP contribution in [0.15, 0.2) is 24.3 Å². The number of nitrogens with zero attached hydrogens (tertiary/aromatic N) is 3. The van der Waals surface area contributed by atoms with Gasteiger partial charge in [0, 0.05) is 18.1 Å². The monoisotopic (exact) mass is 346 g/mol. The smallest absolute Gasteiger partial charge is 0.269 e. The quantitative estimate of drug-likeness (QED) is 0.478. The van der Waals surface area contributed by atoms with Gasteiger partial charge in [0.05, 0.1) is 23.1 Å². The van der Waals surface area contributed by atoms with Crippen LogP contribution in [0.1, 0.15) is 19.3 Å². The van der Waals surface area contributed by atoms with Gasteiger partial charge in [0.25, 0.3) is 11.6 Å². The number of non-ortho nitro benzene ring substituents is 1. The van der Waals surface area contributed by atoms with Crippen LogP contribution in [0.2, 0.25) is 0 Å². The molecular formula is C16H18N4O5. The predicted molar refractivity (Wildman–Crippen MR) is 87.5 cm³/mol. The number of likely N-dealkylation sites (tertiary alicyclic amines) is 1. The number of carbonyl (C=O) groups excluding carboxylic acids is 3. The average Bonchev–Trinajstić information content (AvgIpc) is 2.89. The zero-order valence-corrected chi connectivity index (χ0v) is 13.5. The van der Waals surface area contributed by atoms with E-state index in [2.05, 4.69) is 0 Å². The third-order valence-corrected chi connectivity index (χ3v) is 4.81. The van der Waals surface area contributed by atoms with Crippen LogP contribution >= 0.6 is 0 Å². The average molecular weight is 346 g/mol. The van der Waals surface area contributed by atoms with Crippen molar-refractivity contribution in [1.82, 2.24) is 4.90 Å². The molecule has 2 saturated heterocycles. The summed E-state index contributed by atoms with van der Waals surface area (Å²) in [4.78, 5) is 49.4. The molecule has 3 amide bonds. The number of primary amides is 1. The molecule has 0 radical (unpaired) electrons. The number of anilines is 1. The SMILES string of the molecule is NC(=O)C1CCN([C@@H]2CC(=O)N(c3ccc([N+](=O)[O-])cc3)C2=O)CC1. The first kappa shape index (κ1) is 17.0. The van der Waals surface area contributed by atoms with Gasteiger partial charge in [-0.25, -0.2) is 4.90 Å². The fraction of sp³-hybridized carbons (Fsp3) is 0.438. The molecule has 1 aromatic carbocycles. The highest BCUT2D eigenvalue weighted by Gasteiger charge is 2.43. The van der Waals surface area contributed by atoms with Gasteiger partial charge in [-0.2, -0.15) is 0 Å². The lowest BCUT2D eigenvalue weighted by Gasteiger charge is -2.33. The summed E-state index contributed by atoms with van der Waals surface area (Å²) in [7, 11) is 0. The number of benzene rings is 1. The van der Waals surface area contributed by atoms with Gasteiger partial charge in [-0.15, -0.1) is 0 Å². The van der Waals surface area contributed by atoms with E-state index < -0.39 is 11.0 Å². The van der Waals surface area contributed by atoms with E-state index in [4.69, 9.17) is 5.73 Å². The van der Waals surface area contributed by atoms with Gasteiger partial charge in [0.15, 0.2) is 0 Å². The number of hydrogen-bond donors (Lipinski definition) is 1. The summed E-state index contributed by atoms with van der Waals surface area (Å²) >= 11 is 0. The van der Waals surface area contributed by atoms with Crippen LogP contribution in [-0.4, -0.2) is 46.7 Å². The van der Waals surface area contributed by atoms with E-state index >= 15 is 0 Å².